The van der Waals surface area contributed by atoms with E-state index in [1.54, 1.807) is 12.1 Å². The van der Waals surface area contributed by atoms with Gasteiger partial charge >= 0.3 is 0 Å². The van der Waals surface area contributed by atoms with E-state index in [0.717, 1.165) is 57.9 Å². The number of fused-ring (bicyclic) bond motifs is 1. The van der Waals surface area contributed by atoms with E-state index < -0.39 is 0 Å². The summed E-state index contributed by atoms with van der Waals surface area (Å²) in [6, 6.07) is 5.10. The Morgan fingerprint density at radius 1 is 1.30 bits per heavy atom. The minimum Gasteiger partial charge on any atom is -0.380 e. The number of rotatable bonds is 9. The highest BCUT2D eigenvalue weighted by Crippen LogP contribution is 2.27. The Morgan fingerprint density at radius 2 is 2.20 bits per heavy atom. The Hall–Kier alpha value is -1.13. The Kier molecular flexibility index (Phi) is 6.27. The van der Waals surface area contributed by atoms with Gasteiger partial charge in [0.25, 0.3) is 0 Å². The maximum Gasteiger partial charge on any atom is 0.125 e. The Labute approximate surface area is 121 Å². The van der Waals surface area contributed by atoms with Crippen LogP contribution in [0.5, 0.6) is 0 Å². The van der Waals surface area contributed by atoms with Gasteiger partial charge in [0.15, 0.2) is 0 Å². The molecule has 1 aliphatic rings. The number of benzene rings is 1. The molecule has 0 unspecified atom stereocenters. The highest BCUT2D eigenvalue weighted by atomic mass is 19.1. The van der Waals surface area contributed by atoms with Crippen molar-refractivity contribution in [2.75, 3.05) is 44.3 Å². The molecule has 2 rings (SSSR count). The van der Waals surface area contributed by atoms with Crippen LogP contribution in [0.25, 0.3) is 0 Å². The SMILES string of the molecule is CCCCOCCNCCN1CCc2ccc(F)cc21. The van der Waals surface area contributed by atoms with Gasteiger partial charge in [-0.05, 0) is 30.5 Å². The molecule has 0 spiro atoms. The second-order valence-corrected chi connectivity index (χ2v) is 5.23. The molecular formula is C16H25FN2O. The first kappa shape index (κ1) is 15.3. The lowest BCUT2D eigenvalue weighted by Gasteiger charge is -2.19. The van der Waals surface area contributed by atoms with E-state index in [1.807, 2.05) is 6.07 Å². The summed E-state index contributed by atoms with van der Waals surface area (Å²) >= 11 is 0. The van der Waals surface area contributed by atoms with Crippen LogP contribution in [0.1, 0.15) is 25.3 Å². The average molecular weight is 280 g/mol. The summed E-state index contributed by atoms with van der Waals surface area (Å²) in [5, 5.41) is 3.37. The van der Waals surface area contributed by atoms with Gasteiger partial charge in [0.1, 0.15) is 5.82 Å². The fourth-order valence-electron chi connectivity index (χ4n) is 2.48. The van der Waals surface area contributed by atoms with E-state index in [2.05, 4.69) is 17.1 Å². The van der Waals surface area contributed by atoms with Crippen molar-refractivity contribution in [3.05, 3.63) is 29.6 Å². The molecular weight excluding hydrogens is 255 g/mol. The van der Waals surface area contributed by atoms with Gasteiger partial charge in [-0.1, -0.05) is 19.4 Å². The second-order valence-electron chi connectivity index (χ2n) is 5.23. The van der Waals surface area contributed by atoms with Crippen molar-refractivity contribution in [2.45, 2.75) is 26.2 Å². The van der Waals surface area contributed by atoms with Crippen molar-refractivity contribution < 1.29 is 9.13 Å². The minimum atomic E-state index is -0.145. The van der Waals surface area contributed by atoms with Crippen molar-refractivity contribution in [3.8, 4) is 0 Å². The van der Waals surface area contributed by atoms with Gasteiger partial charge in [0.2, 0.25) is 0 Å². The van der Waals surface area contributed by atoms with Crippen LogP contribution < -0.4 is 10.2 Å². The monoisotopic (exact) mass is 280 g/mol. The molecule has 1 aromatic rings. The fraction of sp³-hybridized carbons (Fsp3) is 0.625. The van der Waals surface area contributed by atoms with Crippen LogP contribution in [0.4, 0.5) is 10.1 Å². The molecule has 0 saturated heterocycles. The first-order chi connectivity index (χ1) is 9.81. The standard InChI is InChI=1S/C16H25FN2O/c1-2-3-11-20-12-8-18-7-10-19-9-6-14-4-5-15(17)13-16(14)19/h4-5,13,18H,2-3,6-12H2,1H3. The number of ether oxygens (including phenoxy) is 1. The first-order valence-electron chi connectivity index (χ1n) is 7.63. The third-order valence-corrected chi connectivity index (χ3v) is 3.66. The van der Waals surface area contributed by atoms with E-state index in [-0.39, 0.29) is 5.82 Å². The molecule has 1 aromatic carbocycles. The molecule has 112 valence electrons. The Bertz CT molecular complexity index is 411. The lowest BCUT2D eigenvalue weighted by Crippen LogP contribution is -2.32. The molecule has 3 nitrogen and oxygen atoms in total. The van der Waals surface area contributed by atoms with Crippen molar-refractivity contribution >= 4 is 5.69 Å². The summed E-state index contributed by atoms with van der Waals surface area (Å²) in [7, 11) is 0. The van der Waals surface area contributed by atoms with Gasteiger partial charge in [-0.15, -0.1) is 0 Å². The van der Waals surface area contributed by atoms with E-state index in [1.165, 1.54) is 12.0 Å². The minimum absolute atomic E-state index is 0.145. The van der Waals surface area contributed by atoms with Crippen molar-refractivity contribution in [1.29, 1.82) is 0 Å². The fourth-order valence-corrected chi connectivity index (χ4v) is 2.48. The van der Waals surface area contributed by atoms with Gasteiger partial charge in [-0.3, -0.25) is 0 Å². The van der Waals surface area contributed by atoms with E-state index in [0.29, 0.717) is 0 Å². The van der Waals surface area contributed by atoms with Crippen LogP contribution >= 0.6 is 0 Å². The molecule has 0 radical (unpaired) electrons. The van der Waals surface area contributed by atoms with Gasteiger partial charge in [0, 0.05) is 38.5 Å². The first-order valence-corrected chi connectivity index (χ1v) is 7.63. The lowest BCUT2D eigenvalue weighted by molar-refractivity contribution is 0.133. The molecule has 0 fully saturated rings. The molecule has 20 heavy (non-hydrogen) atoms. The second kappa shape index (κ2) is 8.22. The number of nitrogens with zero attached hydrogens (tertiary/aromatic N) is 1. The van der Waals surface area contributed by atoms with Gasteiger partial charge in [-0.25, -0.2) is 4.39 Å². The summed E-state index contributed by atoms with van der Waals surface area (Å²) in [4.78, 5) is 2.25. The van der Waals surface area contributed by atoms with Crippen LogP contribution in [0.15, 0.2) is 18.2 Å². The number of anilines is 1. The van der Waals surface area contributed by atoms with Crippen LogP contribution in [0, 0.1) is 5.82 Å². The summed E-state index contributed by atoms with van der Waals surface area (Å²) in [6.45, 7) is 7.50. The van der Waals surface area contributed by atoms with Crippen molar-refractivity contribution in [1.82, 2.24) is 5.32 Å². The highest BCUT2D eigenvalue weighted by molar-refractivity contribution is 5.58. The molecule has 0 aromatic heterocycles. The van der Waals surface area contributed by atoms with Gasteiger partial charge < -0.3 is 15.0 Å². The zero-order valence-corrected chi connectivity index (χ0v) is 12.3. The zero-order chi connectivity index (χ0) is 14.2. The van der Waals surface area contributed by atoms with Gasteiger partial charge in [-0.2, -0.15) is 0 Å². The molecule has 0 aliphatic carbocycles. The number of nitrogens with one attached hydrogen (secondary N) is 1. The molecule has 0 amide bonds. The molecule has 0 saturated carbocycles. The Balaban J connectivity index is 1.61. The topological polar surface area (TPSA) is 24.5 Å². The normalized spacial score (nSPS) is 13.8. The van der Waals surface area contributed by atoms with Crippen molar-refractivity contribution in [2.24, 2.45) is 0 Å². The predicted molar refractivity (Wildman–Crippen MR) is 80.9 cm³/mol. The molecule has 0 atom stereocenters. The highest BCUT2D eigenvalue weighted by Gasteiger charge is 2.18. The maximum absolute atomic E-state index is 13.3. The third-order valence-electron chi connectivity index (χ3n) is 3.66. The average Bonchev–Trinajstić information content (AvgIpc) is 2.84. The molecule has 1 heterocycles. The van der Waals surface area contributed by atoms with Crippen LogP contribution in [-0.4, -0.2) is 39.4 Å². The number of hydrogen-bond donors (Lipinski definition) is 1. The molecule has 1 aliphatic heterocycles. The number of hydrogen-bond acceptors (Lipinski definition) is 3. The van der Waals surface area contributed by atoms with Crippen LogP contribution in [0.3, 0.4) is 0 Å². The number of unbranched alkanes of at least 4 members (excludes halogenated alkanes) is 1. The quantitative estimate of drug-likeness (QED) is 0.704. The largest absolute Gasteiger partial charge is 0.380 e. The summed E-state index contributed by atoms with van der Waals surface area (Å²) < 4.78 is 18.8. The van der Waals surface area contributed by atoms with Crippen molar-refractivity contribution in [3.63, 3.8) is 0 Å². The third kappa shape index (κ3) is 4.46. The number of halogens is 1. The smallest absolute Gasteiger partial charge is 0.125 e. The lowest BCUT2D eigenvalue weighted by atomic mass is 10.2. The molecule has 1 N–H and O–H groups in total. The van der Waals surface area contributed by atoms with Crippen LogP contribution in [0.2, 0.25) is 0 Å². The maximum atomic E-state index is 13.3. The molecule has 0 bridgehead atoms. The van der Waals surface area contributed by atoms with E-state index in [4.69, 9.17) is 4.74 Å². The van der Waals surface area contributed by atoms with Crippen LogP contribution in [-0.2, 0) is 11.2 Å². The van der Waals surface area contributed by atoms with E-state index in [9.17, 15) is 4.39 Å². The zero-order valence-electron chi connectivity index (χ0n) is 12.3. The molecule has 4 heteroatoms. The Morgan fingerprint density at radius 3 is 3.05 bits per heavy atom. The summed E-state index contributed by atoms with van der Waals surface area (Å²) in [5.41, 5.74) is 2.32. The van der Waals surface area contributed by atoms with E-state index >= 15 is 0 Å². The summed E-state index contributed by atoms with van der Waals surface area (Å²) in [5.74, 6) is -0.145. The predicted octanol–water partition coefficient (Wildman–Crippen LogP) is 2.59. The summed E-state index contributed by atoms with van der Waals surface area (Å²) in [6.07, 6.45) is 3.34. The van der Waals surface area contributed by atoms with Gasteiger partial charge in [0.05, 0.1) is 6.61 Å².